The van der Waals surface area contributed by atoms with Crippen molar-refractivity contribution in [2.75, 3.05) is 5.73 Å². The van der Waals surface area contributed by atoms with Crippen LogP contribution in [0.1, 0.15) is 19.2 Å². The van der Waals surface area contributed by atoms with Gasteiger partial charge >= 0.3 is 0 Å². The number of thioether (sulfide) groups is 1. The second kappa shape index (κ2) is 6.11. The minimum Gasteiger partial charge on any atom is -0.398 e. The van der Waals surface area contributed by atoms with E-state index in [0.717, 1.165) is 35.1 Å². The van der Waals surface area contributed by atoms with Crippen LogP contribution in [-0.2, 0) is 12.3 Å². The van der Waals surface area contributed by atoms with Crippen molar-refractivity contribution >= 4 is 29.1 Å². The fourth-order valence-electron chi connectivity index (χ4n) is 1.57. The number of aryl methyl sites for hydroxylation is 1. The fourth-order valence-corrected chi connectivity index (χ4v) is 2.76. The predicted octanol–water partition coefficient (Wildman–Crippen LogP) is 3.22. The molecular weight excluding hydrogens is 268 g/mol. The fraction of sp³-hybridized carbons (Fsp3) is 0.333. The summed E-state index contributed by atoms with van der Waals surface area (Å²) < 4.78 is 1.92. The smallest absolute Gasteiger partial charge is 0.138 e. The Bertz CT molecular complexity index is 527. The van der Waals surface area contributed by atoms with Gasteiger partial charge in [-0.25, -0.2) is 9.67 Å². The highest BCUT2D eigenvalue weighted by Crippen LogP contribution is 2.30. The van der Waals surface area contributed by atoms with Crippen molar-refractivity contribution in [3.8, 4) is 0 Å². The molecular formula is C12H15ClN4S. The summed E-state index contributed by atoms with van der Waals surface area (Å²) in [7, 11) is 0. The molecule has 0 spiro atoms. The Morgan fingerprint density at radius 1 is 1.44 bits per heavy atom. The number of hydrogen-bond acceptors (Lipinski definition) is 4. The van der Waals surface area contributed by atoms with Crippen molar-refractivity contribution in [2.45, 2.75) is 30.5 Å². The first-order chi connectivity index (χ1) is 8.70. The molecule has 2 N–H and O–H groups in total. The van der Waals surface area contributed by atoms with E-state index in [1.807, 2.05) is 16.8 Å². The number of rotatable bonds is 5. The van der Waals surface area contributed by atoms with Crippen LogP contribution in [0.3, 0.4) is 0 Å². The lowest BCUT2D eigenvalue weighted by Gasteiger charge is -2.07. The zero-order valence-electron chi connectivity index (χ0n) is 10.1. The van der Waals surface area contributed by atoms with Crippen molar-refractivity contribution in [3.05, 3.63) is 35.4 Å². The molecule has 0 aliphatic heterocycles. The van der Waals surface area contributed by atoms with Crippen molar-refractivity contribution in [3.63, 3.8) is 0 Å². The van der Waals surface area contributed by atoms with Crippen molar-refractivity contribution in [1.29, 1.82) is 0 Å². The molecule has 0 atom stereocenters. The molecule has 1 aromatic carbocycles. The van der Waals surface area contributed by atoms with E-state index in [-0.39, 0.29) is 0 Å². The lowest BCUT2D eigenvalue weighted by molar-refractivity contribution is 0.581. The molecule has 6 heteroatoms. The number of benzene rings is 1. The third kappa shape index (κ3) is 3.17. The van der Waals surface area contributed by atoms with Gasteiger partial charge in [0, 0.05) is 22.2 Å². The first-order valence-corrected chi connectivity index (χ1v) is 7.11. The molecule has 2 aromatic rings. The summed E-state index contributed by atoms with van der Waals surface area (Å²) >= 11 is 7.58. The quantitative estimate of drug-likeness (QED) is 0.676. The van der Waals surface area contributed by atoms with Crippen LogP contribution >= 0.6 is 23.4 Å². The van der Waals surface area contributed by atoms with E-state index in [9.17, 15) is 0 Å². The molecule has 2 rings (SSSR count). The van der Waals surface area contributed by atoms with Crippen LogP contribution in [0.25, 0.3) is 0 Å². The first kappa shape index (κ1) is 13.2. The summed E-state index contributed by atoms with van der Waals surface area (Å²) in [6, 6.07) is 5.49. The predicted molar refractivity (Wildman–Crippen MR) is 75.7 cm³/mol. The van der Waals surface area contributed by atoms with E-state index in [2.05, 4.69) is 17.0 Å². The largest absolute Gasteiger partial charge is 0.398 e. The Hall–Kier alpha value is -1.20. The van der Waals surface area contributed by atoms with Gasteiger partial charge in [-0.05, 0) is 24.6 Å². The van der Waals surface area contributed by atoms with Crippen molar-refractivity contribution < 1.29 is 0 Å². The van der Waals surface area contributed by atoms with Crippen LogP contribution in [0, 0.1) is 0 Å². The molecule has 0 radical (unpaired) electrons. The summed E-state index contributed by atoms with van der Waals surface area (Å²) in [5.74, 6) is 1.70. The molecule has 18 heavy (non-hydrogen) atoms. The van der Waals surface area contributed by atoms with Crippen LogP contribution in [0.2, 0.25) is 5.02 Å². The molecule has 0 aliphatic rings. The molecule has 96 valence electrons. The normalized spacial score (nSPS) is 10.8. The van der Waals surface area contributed by atoms with E-state index < -0.39 is 0 Å². The summed E-state index contributed by atoms with van der Waals surface area (Å²) in [6.07, 6.45) is 2.63. The Morgan fingerprint density at radius 3 is 3.06 bits per heavy atom. The average molecular weight is 283 g/mol. The Kier molecular flexibility index (Phi) is 4.49. The van der Waals surface area contributed by atoms with Crippen LogP contribution in [0.15, 0.2) is 29.4 Å². The molecule has 0 unspecified atom stereocenters. The van der Waals surface area contributed by atoms with Gasteiger partial charge in [0.05, 0.1) is 5.75 Å². The summed E-state index contributed by atoms with van der Waals surface area (Å²) in [6.45, 7) is 3.01. The maximum atomic E-state index is 5.96. The van der Waals surface area contributed by atoms with E-state index in [1.54, 1.807) is 24.2 Å². The number of aromatic nitrogens is 3. The zero-order valence-corrected chi connectivity index (χ0v) is 11.7. The third-order valence-corrected chi connectivity index (χ3v) is 3.77. The third-order valence-electron chi connectivity index (χ3n) is 2.46. The van der Waals surface area contributed by atoms with E-state index in [0.29, 0.717) is 5.02 Å². The lowest BCUT2D eigenvalue weighted by Crippen LogP contribution is -2.04. The second-order valence-electron chi connectivity index (χ2n) is 3.87. The number of hydrogen-bond donors (Lipinski definition) is 1. The number of nitrogens with zero attached hydrogens (tertiary/aromatic N) is 3. The zero-order chi connectivity index (χ0) is 13.0. The van der Waals surface area contributed by atoms with Gasteiger partial charge in [0.2, 0.25) is 0 Å². The minimum absolute atomic E-state index is 0.696. The Balaban J connectivity index is 2.06. The van der Waals surface area contributed by atoms with Crippen LogP contribution in [-0.4, -0.2) is 14.8 Å². The highest BCUT2D eigenvalue weighted by molar-refractivity contribution is 7.98. The molecule has 0 bridgehead atoms. The van der Waals surface area contributed by atoms with Gasteiger partial charge in [-0.1, -0.05) is 18.5 Å². The van der Waals surface area contributed by atoms with E-state index in [1.165, 1.54) is 0 Å². The lowest BCUT2D eigenvalue weighted by atomic mass is 10.3. The van der Waals surface area contributed by atoms with Gasteiger partial charge in [-0.2, -0.15) is 5.10 Å². The summed E-state index contributed by atoms with van der Waals surface area (Å²) in [5.41, 5.74) is 6.64. The summed E-state index contributed by atoms with van der Waals surface area (Å²) in [4.78, 5) is 5.24. The highest BCUT2D eigenvalue weighted by Gasteiger charge is 2.06. The van der Waals surface area contributed by atoms with Crippen LogP contribution in [0.5, 0.6) is 0 Å². The van der Waals surface area contributed by atoms with Gasteiger partial charge in [0.1, 0.15) is 12.2 Å². The molecule has 4 nitrogen and oxygen atoms in total. The van der Waals surface area contributed by atoms with Crippen molar-refractivity contribution in [2.24, 2.45) is 0 Å². The first-order valence-electron chi connectivity index (χ1n) is 5.75. The van der Waals surface area contributed by atoms with Crippen LogP contribution in [0.4, 0.5) is 5.69 Å². The van der Waals surface area contributed by atoms with Gasteiger partial charge in [0.25, 0.3) is 0 Å². The molecule has 0 fully saturated rings. The number of nitrogens with two attached hydrogens (primary N) is 1. The molecule has 0 saturated carbocycles. The highest BCUT2D eigenvalue weighted by atomic mass is 35.5. The number of nitrogen functional groups attached to an aromatic ring is 1. The topological polar surface area (TPSA) is 56.7 Å². The van der Waals surface area contributed by atoms with Gasteiger partial charge in [-0.3, -0.25) is 0 Å². The second-order valence-corrected chi connectivity index (χ2v) is 5.32. The Labute approximate surface area is 116 Å². The Morgan fingerprint density at radius 2 is 2.28 bits per heavy atom. The molecule has 1 aromatic heterocycles. The molecule has 1 heterocycles. The number of halogens is 1. The van der Waals surface area contributed by atoms with Gasteiger partial charge < -0.3 is 5.73 Å². The van der Waals surface area contributed by atoms with E-state index >= 15 is 0 Å². The van der Waals surface area contributed by atoms with Gasteiger partial charge in [-0.15, -0.1) is 11.8 Å². The number of anilines is 1. The van der Waals surface area contributed by atoms with Crippen LogP contribution < -0.4 is 5.73 Å². The SMILES string of the molecule is CCCn1ncnc1CSc1cc(Cl)ccc1N. The minimum atomic E-state index is 0.696. The summed E-state index contributed by atoms with van der Waals surface area (Å²) in [5, 5.41) is 4.89. The molecule has 0 amide bonds. The standard InChI is InChI=1S/C12H15ClN4S/c1-2-5-17-12(15-8-16-17)7-18-11-6-9(13)3-4-10(11)14/h3-4,6,8H,2,5,7,14H2,1H3. The maximum Gasteiger partial charge on any atom is 0.138 e. The molecule has 0 saturated heterocycles. The van der Waals surface area contributed by atoms with Crippen molar-refractivity contribution in [1.82, 2.24) is 14.8 Å². The molecule has 0 aliphatic carbocycles. The van der Waals surface area contributed by atoms with E-state index in [4.69, 9.17) is 17.3 Å². The average Bonchev–Trinajstić information content (AvgIpc) is 2.78. The maximum absolute atomic E-state index is 5.96. The monoisotopic (exact) mass is 282 g/mol. The van der Waals surface area contributed by atoms with Gasteiger partial charge in [0.15, 0.2) is 0 Å².